The van der Waals surface area contributed by atoms with E-state index in [1.54, 1.807) is 0 Å². The van der Waals surface area contributed by atoms with Gasteiger partial charge in [0, 0.05) is 5.54 Å². The van der Waals surface area contributed by atoms with Crippen molar-refractivity contribution in [3.05, 3.63) is 0 Å². The standard InChI is InChI=1S/C13H27N/c1-10-6-8-12(2,3)11(10)7-9-13(4,5)14/h10-11H,6-9,14H2,1-5H3. The Hall–Kier alpha value is -0.0400. The summed E-state index contributed by atoms with van der Waals surface area (Å²) in [7, 11) is 0. The second-order valence-corrected chi connectivity index (χ2v) is 6.64. The Morgan fingerprint density at radius 3 is 2.29 bits per heavy atom. The molecule has 2 atom stereocenters. The van der Waals surface area contributed by atoms with E-state index in [9.17, 15) is 0 Å². The summed E-state index contributed by atoms with van der Waals surface area (Å²) < 4.78 is 0. The highest BCUT2D eigenvalue weighted by atomic mass is 14.7. The van der Waals surface area contributed by atoms with E-state index in [-0.39, 0.29) is 5.54 Å². The molecule has 1 nitrogen and oxygen atoms in total. The maximum absolute atomic E-state index is 6.05. The van der Waals surface area contributed by atoms with Crippen LogP contribution in [0, 0.1) is 17.3 Å². The summed E-state index contributed by atoms with van der Waals surface area (Å²) >= 11 is 0. The molecule has 1 rings (SSSR count). The molecule has 1 aliphatic carbocycles. The van der Waals surface area contributed by atoms with Gasteiger partial charge in [-0.25, -0.2) is 0 Å². The molecule has 2 unspecified atom stereocenters. The summed E-state index contributed by atoms with van der Waals surface area (Å²) in [4.78, 5) is 0. The van der Waals surface area contributed by atoms with Crippen molar-refractivity contribution in [1.29, 1.82) is 0 Å². The highest BCUT2D eigenvalue weighted by molar-refractivity contribution is 4.90. The van der Waals surface area contributed by atoms with E-state index in [0.717, 1.165) is 18.3 Å². The van der Waals surface area contributed by atoms with Crippen molar-refractivity contribution in [3.63, 3.8) is 0 Å². The summed E-state index contributed by atoms with van der Waals surface area (Å²) in [6.45, 7) is 11.5. The molecule has 1 saturated carbocycles. The molecule has 0 bridgehead atoms. The highest BCUT2D eigenvalue weighted by Gasteiger charge is 2.39. The van der Waals surface area contributed by atoms with E-state index in [2.05, 4.69) is 34.6 Å². The van der Waals surface area contributed by atoms with Crippen LogP contribution in [-0.2, 0) is 0 Å². The summed E-state index contributed by atoms with van der Waals surface area (Å²) in [6, 6.07) is 0. The van der Waals surface area contributed by atoms with Crippen LogP contribution >= 0.6 is 0 Å². The molecule has 0 saturated heterocycles. The summed E-state index contributed by atoms with van der Waals surface area (Å²) in [6.07, 6.45) is 5.26. The third-order valence-corrected chi connectivity index (χ3v) is 4.03. The van der Waals surface area contributed by atoms with Crippen molar-refractivity contribution >= 4 is 0 Å². The Morgan fingerprint density at radius 2 is 1.93 bits per heavy atom. The average Bonchev–Trinajstić information content (AvgIpc) is 2.22. The molecular formula is C13H27N. The fourth-order valence-corrected chi connectivity index (χ4v) is 2.96. The van der Waals surface area contributed by atoms with Gasteiger partial charge in [0.25, 0.3) is 0 Å². The van der Waals surface area contributed by atoms with Crippen molar-refractivity contribution in [2.75, 3.05) is 0 Å². The van der Waals surface area contributed by atoms with Gasteiger partial charge in [-0.2, -0.15) is 0 Å². The zero-order chi connectivity index (χ0) is 11.0. The van der Waals surface area contributed by atoms with E-state index in [0.29, 0.717) is 5.41 Å². The molecular weight excluding hydrogens is 170 g/mol. The first-order valence-electron chi connectivity index (χ1n) is 6.01. The van der Waals surface area contributed by atoms with E-state index in [1.165, 1.54) is 19.3 Å². The van der Waals surface area contributed by atoms with Crippen LogP contribution in [0.5, 0.6) is 0 Å². The topological polar surface area (TPSA) is 26.0 Å². The molecule has 1 fully saturated rings. The minimum absolute atomic E-state index is 0.0123. The van der Waals surface area contributed by atoms with E-state index < -0.39 is 0 Å². The van der Waals surface area contributed by atoms with Gasteiger partial charge in [-0.05, 0) is 56.8 Å². The lowest BCUT2D eigenvalue weighted by atomic mass is 9.75. The van der Waals surface area contributed by atoms with Gasteiger partial charge in [0.1, 0.15) is 0 Å². The van der Waals surface area contributed by atoms with Crippen LogP contribution in [0.2, 0.25) is 0 Å². The molecule has 0 radical (unpaired) electrons. The predicted molar refractivity (Wildman–Crippen MR) is 63.2 cm³/mol. The van der Waals surface area contributed by atoms with Crippen molar-refractivity contribution in [2.45, 2.75) is 65.8 Å². The van der Waals surface area contributed by atoms with E-state index in [4.69, 9.17) is 5.73 Å². The lowest BCUT2D eigenvalue weighted by molar-refractivity contribution is 0.195. The minimum atomic E-state index is 0.0123. The van der Waals surface area contributed by atoms with E-state index in [1.807, 2.05) is 0 Å². The quantitative estimate of drug-likeness (QED) is 0.735. The van der Waals surface area contributed by atoms with Crippen LogP contribution in [-0.4, -0.2) is 5.54 Å². The molecule has 0 aromatic rings. The van der Waals surface area contributed by atoms with Gasteiger partial charge in [-0.3, -0.25) is 0 Å². The molecule has 2 N–H and O–H groups in total. The van der Waals surface area contributed by atoms with Gasteiger partial charge < -0.3 is 5.73 Å². The SMILES string of the molecule is CC1CCC(C)(C)C1CCC(C)(C)N. The third kappa shape index (κ3) is 2.98. The number of rotatable bonds is 3. The largest absolute Gasteiger partial charge is 0.326 e. The lowest BCUT2D eigenvalue weighted by Crippen LogP contribution is -2.34. The maximum Gasteiger partial charge on any atom is 0.00971 e. The van der Waals surface area contributed by atoms with Gasteiger partial charge in [0.2, 0.25) is 0 Å². The number of nitrogens with two attached hydrogens (primary N) is 1. The Labute approximate surface area is 89.5 Å². The fourth-order valence-electron chi connectivity index (χ4n) is 2.96. The zero-order valence-electron chi connectivity index (χ0n) is 10.6. The smallest absolute Gasteiger partial charge is 0.00971 e. The molecule has 0 aliphatic heterocycles. The molecule has 84 valence electrons. The van der Waals surface area contributed by atoms with Crippen LogP contribution in [0.15, 0.2) is 0 Å². The second kappa shape index (κ2) is 3.84. The monoisotopic (exact) mass is 197 g/mol. The number of hydrogen-bond acceptors (Lipinski definition) is 1. The minimum Gasteiger partial charge on any atom is -0.326 e. The molecule has 0 aromatic carbocycles. The second-order valence-electron chi connectivity index (χ2n) is 6.64. The summed E-state index contributed by atoms with van der Waals surface area (Å²) in [5.74, 6) is 1.78. The maximum atomic E-state index is 6.05. The highest BCUT2D eigenvalue weighted by Crippen LogP contribution is 2.48. The first-order valence-corrected chi connectivity index (χ1v) is 6.01. The first kappa shape index (κ1) is 12.0. The molecule has 0 heterocycles. The molecule has 14 heavy (non-hydrogen) atoms. The molecule has 0 spiro atoms. The Bertz CT molecular complexity index is 188. The van der Waals surface area contributed by atoms with Gasteiger partial charge in [-0.15, -0.1) is 0 Å². The van der Waals surface area contributed by atoms with Gasteiger partial charge in [0.15, 0.2) is 0 Å². The van der Waals surface area contributed by atoms with Gasteiger partial charge >= 0.3 is 0 Å². The van der Waals surface area contributed by atoms with Crippen LogP contribution < -0.4 is 5.73 Å². The van der Waals surface area contributed by atoms with Crippen molar-refractivity contribution in [3.8, 4) is 0 Å². The third-order valence-electron chi connectivity index (χ3n) is 4.03. The predicted octanol–water partition coefficient (Wildman–Crippen LogP) is 3.58. The van der Waals surface area contributed by atoms with Gasteiger partial charge in [-0.1, -0.05) is 20.8 Å². The Morgan fingerprint density at radius 1 is 1.36 bits per heavy atom. The van der Waals surface area contributed by atoms with Crippen LogP contribution in [0.4, 0.5) is 0 Å². The number of hydrogen-bond donors (Lipinski definition) is 1. The molecule has 1 heteroatoms. The molecule has 0 aromatic heterocycles. The van der Waals surface area contributed by atoms with Crippen molar-refractivity contribution < 1.29 is 0 Å². The first-order chi connectivity index (χ1) is 6.22. The van der Waals surface area contributed by atoms with Crippen molar-refractivity contribution in [2.24, 2.45) is 23.0 Å². The molecule has 1 aliphatic rings. The van der Waals surface area contributed by atoms with Gasteiger partial charge in [0.05, 0.1) is 0 Å². The van der Waals surface area contributed by atoms with Crippen LogP contribution in [0.1, 0.15) is 60.3 Å². The molecule has 0 amide bonds. The Balaban J connectivity index is 2.50. The Kier molecular flexibility index (Phi) is 3.30. The average molecular weight is 197 g/mol. The van der Waals surface area contributed by atoms with Crippen molar-refractivity contribution in [1.82, 2.24) is 0 Å². The lowest BCUT2D eigenvalue weighted by Gasteiger charge is -2.32. The van der Waals surface area contributed by atoms with Crippen LogP contribution in [0.25, 0.3) is 0 Å². The summed E-state index contributed by atoms with van der Waals surface area (Å²) in [5, 5.41) is 0. The zero-order valence-corrected chi connectivity index (χ0v) is 10.6. The van der Waals surface area contributed by atoms with Crippen LogP contribution in [0.3, 0.4) is 0 Å². The summed E-state index contributed by atoms with van der Waals surface area (Å²) in [5.41, 5.74) is 6.61. The fraction of sp³-hybridized carbons (Fsp3) is 1.00. The van der Waals surface area contributed by atoms with E-state index >= 15 is 0 Å². The normalized spacial score (nSPS) is 32.1.